The molecule has 0 aromatic carbocycles. The fourth-order valence-corrected chi connectivity index (χ4v) is 8.58. The van der Waals surface area contributed by atoms with E-state index in [1.165, 1.54) is 6.20 Å². The van der Waals surface area contributed by atoms with Crippen LogP contribution in [-0.2, 0) is 25.1 Å². The predicted octanol–water partition coefficient (Wildman–Crippen LogP) is 3.62. The van der Waals surface area contributed by atoms with Crippen LogP contribution < -0.4 is 9.62 Å². The van der Waals surface area contributed by atoms with E-state index in [-0.39, 0.29) is 21.4 Å². The molecule has 11 nitrogen and oxygen atoms in total. The fraction of sp³-hybridized carbons (Fsp3) is 0.667. The number of nitrogens with one attached hydrogen (secondary N) is 1. The lowest BCUT2D eigenvalue weighted by atomic mass is 9.74. The summed E-state index contributed by atoms with van der Waals surface area (Å²) in [6, 6.07) is 1.64. The van der Waals surface area contributed by atoms with Gasteiger partial charge >= 0.3 is 0 Å². The van der Waals surface area contributed by atoms with Gasteiger partial charge in [0.25, 0.3) is 6.43 Å². The number of sulfonamides is 1. The molecule has 0 bridgehead atoms. The molecule has 15 heteroatoms. The first-order valence-electron chi connectivity index (χ1n) is 14.2. The van der Waals surface area contributed by atoms with Crippen molar-refractivity contribution in [2.45, 2.75) is 87.0 Å². The van der Waals surface area contributed by atoms with Crippen LogP contribution in [0, 0.1) is 5.41 Å². The molecule has 228 valence electrons. The lowest BCUT2D eigenvalue weighted by Gasteiger charge is -2.41. The Morgan fingerprint density at radius 2 is 1.90 bits per heavy atom. The molecule has 2 atom stereocenters. The lowest BCUT2D eigenvalue weighted by Crippen LogP contribution is -2.47. The third-order valence-electron chi connectivity index (χ3n) is 9.53. The molecule has 42 heavy (non-hydrogen) atoms. The average Bonchev–Trinajstić information content (AvgIpc) is 3.76. The zero-order valence-electron chi connectivity index (χ0n) is 23.6. The molecule has 7 rings (SSSR count). The summed E-state index contributed by atoms with van der Waals surface area (Å²) in [5.74, 6) is 0. The second-order valence-corrected chi connectivity index (χ2v) is 15.2. The molecule has 1 spiro atoms. The summed E-state index contributed by atoms with van der Waals surface area (Å²) in [5.41, 5.74) is 0.462. The van der Waals surface area contributed by atoms with Crippen LogP contribution in [0.5, 0.6) is 0 Å². The van der Waals surface area contributed by atoms with Crippen LogP contribution in [0.2, 0.25) is 0 Å². The third kappa shape index (κ3) is 4.54. The Kier molecular flexibility index (Phi) is 6.51. The number of aliphatic hydroxyl groups excluding tert-OH is 1. The largest absolute Gasteiger partial charge is 0.390 e. The minimum atomic E-state index is -3.94. The Morgan fingerprint density at radius 1 is 1.19 bits per heavy atom. The van der Waals surface area contributed by atoms with Crippen LogP contribution in [0.15, 0.2) is 17.2 Å². The standard InChI is InChI=1S/C27H34F2N6O5S2/c1-15-20(36)26(14-40-15)8-10-34(11-9-26)17-12-16(42(37,38)33-25(2)4-5-25)13-35-18(23-31-32-24(41-23)21(28)29)19(30-22(17)35)27(39-3)6-7-27/h12-13,15,20-21,33,36H,4-11,14H2,1-3H3/t15-,20?/m0/s1. The van der Waals surface area contributed by atoms with Crippen LogP contribution in [0.3, 0.4) is 0 Å². The summed E-state index contributed by atoms with van der Waals surface area (Å²) >= 11 is 0.761. The Morgan fingerprint density at radius 3 is 2.45 bits per heavy atom. The van der Waals surface area contributed by atoms with Gasteiger partial charge in [0.2, 0.25) is 10.0 Å². The highest BCUT2D eigenvalue weighted by Gasteiger charge is 2.51. The highest BCUT2D eigenvalue weighted by Crippen LogP contribution is 2.53. The van der Waals surface area contributed by atoms with Gasteiger partial charge in [0, 0.05) is 37.4 Å². The summed E-state index contributed by atoms with van der Waals surface area (Å²) in [5, 5.41) is 18.5. The summed E-state index contributed by atoms with van der Waals surface area (Å²) in [6.07, 6.45) is 2.08. The molecular weight excluding hydrogens is 590 g/mol. The summed E-state index contributed by atoms with van der Waals surface area (Å²) in [6.45, 7) is 5.33. The molecule has 3 aromatic rings. The quantitative estimate of drug-likeness (QED) is 0.386. The number of fused-ring (bicyclic) bond motifs is 1. The Labute approximate surface area is 246 Å². The number of hydrogen-bond acceptors (Lipinski definition) is 10. The van der Waals surface area contributed by atoms with Gasteiger partial charge in [0.1, 0.15) is 21.9 Å². The van der Waals surface area contributed by atoms with Gasteiger partial charge in [-0.3, -0.25) is 4.40 Å². The smallest absolute Gasteiger partial charge is 0.291 e. The number of anilines is 1. The first-order chi connectivity index (χ1) is 19.9. The molecule has 0 amide bonds. The number of imidazole rings is 1. The number of piperidine rings is 1. The Hall–Kier alpha value is -2.30. The second kappa shape index (κ2) is 9.60. The highest BCUT2D eigenvalue weighted by atomic mass is 32.2. The maximum absolute atomic E-state index is 13.7. The second-order valence-electron chi connectivity index (χ2n) is 12.5. The van der Waals surface area contributed by atoms with E-state index in [1.807, 2.05) is 13.8 Å². The molecule has 3 aromatic heterocycles. The third-order valence-corrected chi connectivity index (χ3v) is 12.1. The molecule has 2 N–H and O–H groups in total. The molecule has 2 saturated carbocycles. The van der Waals surface area contributed by atoms with Gasteiger partial charge in [0.15, 0.2) is 15.7 Å². The van der Waals surface area contributed by atoms with Crippen molar-refractivity contribution in [3.8, 4) is 10.7 Å². The Balaban J connectivity index is 1.39. The van der Waals surface area contributed by atoms with E-state index in [2.05, 4.69) is 19.8 Å². The number of pyridine rings is 1. The van der Waals surface area contributed by atoms with E-state index < -0.39 is 38.7 Å². The van der Waals surface area contributed by atoms with Gasteiger partial charge in [-0.2, -0.15) is 0 Å². The van der Waals surface area contributed by atoms with Crippen LogP contribution >= 0.6 is 11.3 Å². The molecule has 2 aliphatic carbocycles. The number of alkyl halides is 2. The van der Waals surface area contributed by atoms with E-state index in [1.54, 1.807) is 17.6 Å². The topological polar surface area (TPSA) is 131 Å². The average molecular weight is 625 g/mol. The van der Waals surface area contributed by atoms with Gasteiger partial charge < -0.3 is 19.5 Å². The van der Waals surface area contributed by atoms with Crippen molar-refractivity contribution in [2.75, 3.05) is 31.7 Å². The number of rotatable bonds is 8. The SMILES string of the molecule is COC1(c2nc3c(N4CCC5(CC4)CO[C@@H](C)C5O)cc(S(=O)(=O)NC4(C)CC4)cn3c2-c2nnc(C(F)F)s2)CC1. The van der Waals surface area contributed by atoms with Crippen molar-refractivity contribution < 1.29 is 31.8 Å². The van der Waals surface area contributed by atoms with E-state index in [4.69, 9.17) is 14.5 Å². The van der Waals surface area contributed by atoms with Crippen LogP contribution in [0.1, 0.15) is 69.5 Å². The number of hydrogen-bond donors (Lipinski definition) is 2. The number of ether oxygens (including phenoxy) is 2. The first kappa shape index (κ1) is 28.5. The maximum atomic E-state index is 13.7. The van der Waals surface area contributed by atoms with Crippen molar-refractivity contribution in [1.82, 2.24) is 24.3 Å². The van der Waals surface area contributed by atoms with Crippen molar-refractivity contribution >= 4 is 32.7 Å². The van der Waals surface area contributed by atoms with Crippen molar-refractivity contribution in [1.29, 1.82) is 0 Å². The summed E-state index contributed by atoms with van der Waals surface area (Å²) in [4.78, 5) is 7.14. The Bertz CT molecular complexity index is 1640. The monoisotopic (exact) mass is 624 g/mol. The van der Waals surface area contributed by atoms with Gasteiger partial charge in [0.05, 0.1) is 24.5 Å². The van der Waals surface area contributed by atoms with Crippen LogP contribution in [-0.4, -0.2) is 77.7 Å². The highest BCUT2D eigenvalue weighted by molar-refractivity contribution is 7.89. The van der Waals surface area contributed by atoms with Crippen LogP contribution in [0.25, 0.3) is 16.3 Å². The predicted molar refractivity (Wildman–Crippen MR) is 150 cm³/mol. The van der Waals surface area contributed by atoms with Crippen molar-refractivity contribution in [3.05, 3.63) is 23.0 Å². The number of nitrogens with zero attached hydrogens (tertiary/aromatic N) is 5. The van der Waals surface area contributed by atoms with Gasteiger partial charge in [-0.25, -0.2) is 26.9 Å². The zero-order valence-corrected chi connectivity index (χ0v) is 25.3. The summed E-state index contributed by atoms with van der Waals surface area (Å²) < 4.78 is 70.6. The minimum Gasteiger partial charge on any atom is -0.390 e. The van der Waals surface area contributed by atoms with E-state index in [9.17, 15) is 22.3 Å². The van der Waals surface area contributed by atoms with Gasteiger partial charge in [-0.05, 0) is 58.4 Å². The lowest BCUT2D eigenvalue weighted by molar-refractivity contribution is 0.0250. The zero-order chi connectivity index (χ0) is 29.7. The molecular formula is C27H34F2N6O5S2. The molecule has 4 aliphatic rings. The first-order valence-corrected chi connectivity index (χ1v) is 16.5. The molecule has 2 aliphatic heterocycles. The van der Waals surface area contributed by atoms with E-state index in [0.717, 1.165) is 24.2 Å². The molecule has 1 unspecified atom stereocenters. The fourth-order valence-electron chi connectivity index (χ4n) is 6.35. The van der Waals surface area contributed by atoms with Crippen LogP contribution in [0.4, 0.5) is 14.5 Å². The van der Waals surface area contributed by atoms with E-state index in [0.29, 0.717) is 68.1 Å². The number of methoxy groups -OCH3 is 1. The number of aromatic nitrogens is 4. The van der Waals surface area contributed by atoms with Crippen molar-refractivity contribution in [2.24, 2.45) is 5.41 Å². The molecule has 5 heterocycles. The molecule has 2 saturated heterocycles. The molecule has 4 fully saturated rings. The number of aliphatic hydroxyl groups is 1. The van der Waals surface area contributed by atoms with Gasteiger partial charge in [-0.15, -0.1) is 10.2 Å². The number of halogens is 2. The minimum absolute atomic E-state index is 0.0438. The van der Waals surface area contributed by atoms with Gasteiger partial charge in [-0.1, -0.05) is 11.3 Å². The normalized spacial score (nSPS) is 26.0. The maximum Gasteiger partial charge on any atom is 0.291 e. The van der Waals surface area contributed by atoms with E-state index >= 15 is 0 Å². The van der Waals surface area contributed by atoms with Crippen molar-refractivity contribution in [3.63, 3.8) is 0 Å². The summed E-state index contributed by atoms with van der Waals surface area (Å²) in [7, 11) is -2.35. The molecule has 0 radical (unpaired) electrons.